The zero-order chi connectivity index (χ0) is 11.3. The molecule has 1 fully saturated rings. The molecule has 1 aliphatic carbocycles. The molecule has 0 aromatic heterocycles. The average molecular weight is 215 g/mol. The zero-order valence-corrected chi connectivity index (χ0v) is 9.86. The summed E-state index contributed by atoms with van der Waals surface area (Å²) in [4.78, 5) is 16.1. The van der Waals surface area contributed by atoms with Gasteiger partial charge in [-0.15, -0.1) is 0 Å². The van der Waals surface area contributed by atoms with Gasteiger partial charge < -0.3 is 4.74 Å². The van der Waals surface area contributed by atoms with Gasteiger partial charge in [0.2, 0.25) is 0 Å². The molecule has 1 amide bonds. The number of hydroxylamine groups is 2. The summed E-state index contributed by atoms with van der Waals surface area (Å²) in [6.45, 7) is 2.39. The number of rotatable bonds is 4. The van der Waals surface area contributed by atoms with Gasteiger partial charge in [-0.1, -0.05) is 6.92 Å². The fourth-order valence-electron chi connectivity index (χ4n) is 1.78. The Labute approximate surface area is 91.5 Å². The lowest BCUT2D eigenvalue weighted by Gasteiger charge is -2.26. The molecule has 0 radical (unpaired) electrons. The van der Waals surface area contributed by atoms with Crippen LogP contribution >= 0.6 is 0 Å². The molecule has 0 bridgehead atoms. The van der Waals surface area contributed by atoms with Crippen LogP contribution in [0.15, 0.2) is 0 Å². The monoisotopic (exact) mass is 215 g/mol. The first-order valence-corrected chi connectivity index (χ1v) is 5.55. The molecule has 1 saturated carbocycles. The number of amides is 1. The van der Waals surface area contributed by atoms with Gasteiger partial charge in [0.15, 0.2) is 0 Å². The summed E-state index contributed by atoms with van der Waals surface area (Å²) in [5.41, 5.74) is 0. The van der Waals surface area contributed by atoms with Gasteiger partial charge in [-0.05, 0) is 31.6 Å². The molecule has 0 N–H and O–H groups in total. The first-order chi connectivity index (χ1) is 7.13. The normalized spacial score (nSPS) is 26.3. The van der Waals surface area contributed by atoms with Crippen molar-refractivity contribution < 1.29 is 14.4 Å². The Morgan fingerprint density at radius 1 is 1.33 bits per heavy atom. The molecule has 15 heavy (non-hydrogen) atoms. The maximum Gasteiger partial charge on any atom is 0.271 e. The number of nitrogens with zero attached hydrogens (tertiary/aromatic N) is 1. The topological polar surface area (TPSA) is 38.8 Å². The highest BCUT2D eigenvalue weighted by atomic mass is 16.7. The van der Waals surface area contributed by atoms with Crippen molar-refractivity contribution in [2.45, 2.75) is 38.7 Å². The number of hydrogen-bond acceptors (Lipinski definition) is 3. The van der Waals surface area contributed by atoms with E-state index in [1.165, 1.54) is 25.0 Å². The van der Waals surface area contributed by atoms with Crippen molar-refractivity contribution in [1.29, 1.82) is 0 Å². The van der Waals surface area contributed by atoms with Crippen molar-refractivity contribution in [3.63, 3.8) is 0 Å². The molecule has 4 nitrogen and oxygen atoms in total. The Morgan fingerprint density at radius 2 is 1.93 bits per heavy atom. The van der Waals surface area contributed by atoms with E-state index < -0.39 is 0 Å². The lowest BCUT2D eigenvalue weighted by molar-refractivity contribution is -0.175. The Bertz CT molecular complexity index is 200. The third kappa shape index (κ3) is 4.18. The Balaban J connectivity index is 2.17. The maximum absolute atomic E-state index is 11.4. The van der Waals surface area contributed by atoms with E-state index in [9.17, 15) is 4.79 Å². The highest BCUT2D eigenvalue weighted by Crippen LogP contribution is 2.25. The van der Waals surface area contributed by atoms with E-state index in [0.29, 0.717) is 0 Å². The smallest absolute Gasteiger partial charge is 0.271 e. The SMILES string of the molecule is CON(C)C(=O)COC1CCC(C)CC1. The summed E-state index contributed by atoms with van der Waals surface area (Å²) >= 11 is 0. The molecule has 88 valence electrons. The predicted molar refractivity (Wildman–Crippen MR) is 57.2 cm³/mol. The van der Waals surface area contributed by atoms with Crippen LogP contribution in [0.2, 0.25) is 0 Å². The van der Waals surface area contributed by atoms with Gasteiger partial charge in [0, 0.05) is 7.05 Å². The summed E-state index contributed by atoms with van der Waals surface area (Å²) < 4.78 is 5.54. The van der Waals surface area contributed by atoms with Crippen LogP contribution in [0.25, 0.3) is 0 Å². The second-order valence-corrected chi connectivity index (χ2v) is 4.27. The van der Waals surface area contributed by atoms with Gasteiger partial charge in [0.05, 0.1) is 13.2 Å². The van der Waals surface area contributed by atoms with E-state index in [-0.39, 0.29) is 18.6 Å². The van der Waals surface area contributed by atoms with Crippen LogP contribution in [-0.4, -0.2) is 37.8 Å². The molecule has 0 aromatic carbocycles. The van der Waals surface area contributed by atoms with E-state index in [2.05, 4.69) is 6.92 Å². The molecule has 0 atom stereocenters. The van der Waals surface area contributed by atoms with Gasteiger partial charge in [-0.3, -0.25) is 9.63 Å². The van der Waals surface area contributed by atoms with Crippen molar-refractivity contribution in [2.75, 3.05) is 20.8 Å². The zero-order valence-electron chi connectivity index (χ0n) is 9.86. The standard InChI is InChI=1S/C11H21NO3/c1-9-4-6-10(7-5-9)15-8-11(13)12(2)14-3/h9-10H,4-8H2,1-3H3. The van der Waals surface area contributed by atoms with E-state index in [4.69, 9.17) is 9.57 Å². The summed E-state index contributed by atoms with van der Waals surface area (Å²) in [5, 5.41) is 1.20. The van der Waals surface area contributed by atoms with Gasteiger partial charge in [-0.25, -0.2) is 5.06 Å². The minimum Gasteiger partial charge on any atom is -0.368 e. The van der Waals surface area contributed by atoms with E-state index in [1.807, 2.05) is 0 Å². The molecular formula is C11H21NO3. The summed E-state index contributed by atoms with van der Waals surface area (Å²) in [6, 6.07) is 0. The van der Waals surface area contributed by atoms with Crippen molar-refractivity contribution in [3.05, 3.63) is 0 Å². The third-order valence-corrected chi connectivity index (χ3v) is 3.03. The van der Waals surface area contributed by atoms with E-state index >= 15 is 0 Å². The van der Waals surface area contributed by atoms with E-state index in [0.717, 1.165) is 18.8 Å². The highest BCUT2D eigenvalue weighted by molar-refractivity contribution is 5.76. The van der Waals surface area contributed by atoms with Gasteiger partial charge in [-0.2, -0.15) is 0 Å². The first-order valence-electron chi connectivity index (χ1n) is 5.55. The van der Waals surface area contributed by atoms with Gasteiger partial charge >= 0.3 is 0 Å². The molecule has 0 aromatic rings. The molecule has 0 aliphatic heterocycles. The first kappa shape index (κ1) is 12.5. The van der Waals surface area contributed by atoms with Crippen molar-refractivity contribution >= 4 is 5.91 Å². The number of likely N-dealkylation sites (N-methyl/N-ethyl adjacent to an activating group) is 1. The summed E-state index contributed by atoms with van der Waals surface area (Å²) in [5.74, 6) is 0.679. The molecule has 0 heterocycles. The van der Waals surface area contributed by atoms with Crippen LogP contribution in [-0.2, 0) is 14.4 Å². The largest absolute Gasteiger partial charge is 0.368 e. The van der Waals surface area contributed by atoms with Crippen molar-refractivity contribution in [3.8, 4) is 0 Å². The second kappa shape index (κ2) is 6.08. The molecule has 0 saturated heterocycles. The lowest BCUT2D eigenvalue weighted by atomic mass is 9.89. The number of ether oxygens (including phenoxy) is 1. The van der Waals surface area contributed by atoms with Crippen LogP contribution in [0, 0.1) is 5.92 Å². The van der Waals surface area contributed by atoms with Crippen LogP contribution < -0.4 is 0 Å². The Kier molecular flexibility index (Phi) is 5.05. The Morgan fingerprint density at radius 3 is 2.47 bits per heavy atom. The van der Waals surface area contributed by atoms with Crippen molar-refractivity contribution in [1.82, 2.24) is 5.06 Å². The van der Waals surface area contributed by atoms with E-state index in [1.54, 1.807) is 7.05 Å². The molecule has 4 heteroatoms. The van der Waals surface area contributed by atoms with Crippen LogP contribution in [0.3, 0.4) is 0 Å². The third-order valence-electron chi connectivity index (χ3n) is 3.03. The minimum absolute atomic E-state index is 0.128. The van der Waals surface area contributed by atoms with Crippen LogP contribution in [0.5, 0.6) is 0 Å². The summed E-state index contributed by atoms with van der Waals surface area (Å²) in [6.07, 6.45) is 4.82. The van der Waals surface area contributed by atoms with Gasteiger partial charge in [0.1, 0.15) is 6.61 Å². The van der Waals surface area contributed by atoms with Crippen LogP contribution in [0.4, 0.5) is 0 Å². The number of carbonyl (C=O) groups is 1. The second-order valence-electron chi connectivity index (χ2n) is 4.27. The average Bonchev–Trinajstić information content (AvgIpc) is 2.26. The highest BCUT2D eigenvalue weighted by Gasteiger charge is 2.20. The van der Waals surface area contributed by atoms with Gasteiger partial charge in [0.25, 0.3) is 5.91 Å². The quantitative estimate of drug-likeness (QED) is 0.669. The number of carbonyl (C=O) groups excluding carboxylic acids is 1. The molecular weight excluding hydrogens is 194 g/mol. The molecule has 0 unspecified atom stereocenters. The number of hydrogen-bond donors (Lipinski definition) is 0. The van der Waals surface area contributed by atoms with Crippen LogP contribution in [0.1, 0.15) is 32.6 Å². The fraction of sp³-hybridized carbons (Fsp3) is 0.909. The minimum atomic E-state index is -0.129. The van der Waals surface area contributed by atoms with Crippen molar-refractivity contribution in [2.24, 2.45) is 5.92 Å². The molecule has 1 aliphatic rings. The maximum atomic E-state index is 11.4. The molecule has 0 spiro atoms. The fourth-order valence-corrected chi connectivity index (χ4v) is 1.78. The predicted octanol–water partition coefficient (Wildman–Crippen LogP) is 1.60. The lowest BCUT2D eigenvalue weighted by Crippen LogP contribution is -2.32. The summed E-state index contributed by atoms with van der Waals surface area (Å²) in [7, 11) is 3.06. The molecule has 1 rings (SSSR count). The Hall–Kier alpha value is -0.610.